The van der Waals surface area contributed by atoms with E-state index in [1.165, 1.54) is 29.2 Å². The topological polar surface area (TPSA) is 116 Å². The standard InChI is InChI=1S/C17H14N6O3/c1-11-16(20-19-14-5-3-4-6-15(14)23(25)26)12(2)22(21-11)17(24)13-7-9-18-10-8-13/h3-10H,1-2H3. The lowest BCUT2D eigenvalue weighted by molar-refractivity contribution is -0.384. The van der Waals surface area contributed by atoms with Crippen molar-refractivity contribution in [2.24, 2.45) is 10.2 Å². The van der Waals surface area contributed by atoms with Crippen LogP contribution in [0, 0.1) is 24.0 Å². The van der Waals surface area contributed by atoms with Crippen LogP contribution in [0.25, 0.3) is 0 Å². The molecule has 0 aliphatic heterocycles. The van der Waals surface area contributed by atoms with Gasteiger partial charge in [0.05, 0.1) is 16.3 Å². The summed E-state index contributed by atoms with van der Waals surface area (Å²) in [7, 11) is 0. The summed E-state index contributed by atoms with van der Waals surface area (Å²) in [6.45, 7) is 3.38. The van der Waals surface area contributed by atoms with Crippen molar-refractivity contribution >= 4 is 23.0 Å². The molecule has 0 atom stereocenters. The Bertz CT molecular complexity index is 1010. The fraction of sp³-hybridized carbons (Fsp3) is 0.118. The third-order valence-electron chi connectivity index (χ3n) is 3.71. The molecule has 3 rings (SSSR count). The highest BCUT2D eigenvalue weighted by atomic mass is 16.6. The molecule has 2 aromatic heterocycles. The molecule has 0 bridgehead atoms. The Balaban J connectivity index is 1.97. The van der Waals surface area contributed by atoms with Crippen LogP contribution in [0.15, 0.2) is 59.0 Å². The summed E-state index contributed by atoms with van der Waals surface area (Å²) in [6, 6.07) is 9.22. The molecule has 0 N–H and O–H groups in total. The first-order valence-corrected chi connectivity index (χ1v) is 7.65. The van der Waals surface area contributed by atoms with Gasteiger partial charge < -0.3 is 0 Å². The van der Waals surface area contributed by atoms with Gasteiger partial charge in [0.2, 0.25) is 0 Å². The number of para-hydroxylation sites is 1. The first-order chi connectivity index (χ1) is 12.5. The average molecular weight is 350 g/mol. The molecule has 3 aromatic rings. The van der Waals surface area contributed by atoms with E-state index in [9.17, 15) is 14.9 Å². The normalized spacial score (nSPS) is 11.0. The van der Waals surface area contributed by atoms with Crippen LogP contribution in [0.2, 0.25) is 0 Å². The summed E-state index contributed by atoms with van der Waals surface area (Å²) in [5.74, 6) is -0.319. The van der Waals surface area contributed by atoms with E-state index in [0.29, 0.717) is 22.6 Å². The smallest absolute Gasteiger partial charge is 0.267 e. The van der Waals surface area contributed by atoms with Crippen LogP contribution in [0.5, 0.6) is 0 Å². The fourth-order valence-electron chi connectivity index (χ4n) is 2.40. The van der Waals surface area contributed by atoms with E-state index in [-0.39, 0.29) is 17.3 Å². The number of benzene rings is 1. The van der Waals surface area contributed by atoms with Gasteiger partial charge in [0.1, 0.15) is 5.69 Å². The van der Waals surface area contributed by atoms with Crippen molar-refractivity contribution in [1.82, 2.24) is 14.8 Å². The van der Waals surface area contributed by atoms with Crippen LogP contribution < -0.4 is 0 Å². The number of aryl methyl sites for hydroxylation is 1. The predicted octanol–water partition coefficient (Wildman–Crippen LogP) is 3.91. The highest BCUT2D eigenvalue weighted by Crippen LogP contribution is 2.30. The molecule has 1 aromatic carbocycles. The molecule has 0 aliphatic rings. The molecule has 0 aliphatic carbocycles. The van der Waals surface area contributed by atoms with Gasteiger partial charge in [-0.05, 0) is 32.0 Å². The zero-order chi connectivity index (χ0) is 18.7. The first-order valence-electron chi connectivity index (χ1n) is 7.65. The van der Waals surface area contributed by atoms with Crippen LogP contribution in [-0.2, 0) is 0 Å². The minimum absolute atomic E-state index is 0.129. The second-order valence-electron chi connectivity index (χ2n) is 5.42. The second-order valence-corrected chi connectivity index (χ2v) is 5.42. The van der Waals surface area contributed by atoms with E-state index in [0.717, 1.165) is 0 Å². The second kappa shape index (κ2) is 7.01. The molecule has 26 heavy (non-hydrogen) atoms. The third-order valence-corrected chi connectivity index (χ3v) is 3.71. The number of rotatable bonds is 4. The molecule has 0 unspecified atom stereocenters. The number of nitro benzene ring substituents is 1. The van der Waals surface area contributed by atoms with Crippen molar-refractivity contribution in [3.8, 4) is 0 Å². The average Bonchev–Trinajstić information content (AvgIpc) is 2.94. The minimum atomic E-state index is -0.523. The van der Waals surface area contributed by atoms with Crippen molar-refractivity contribution in [1.29, 1.82) is 0 Å². The highest BCUT2D eigenvalue weighted by Gasteiger charge is 2.18. The summed E-state index contributed by atoms with van der Waals surface area (Å²) in [5.41, 5.74) is 1.80. The Morgan fingerprint density at radius 1 is 1.12 bits per heavy atom. The maximum atomic E-state index is 12.6. The number of pyridine rings is 1. The lowest BCUT2D eigenvalue weighted by Gasteiger charge is -2.02. The number of aromatic nitrogens is 3. The third kappa shape index (κ3) is 3.22. The summed E-state index contributed by atoms with van der Waals surface area (Å²) >= 11 is 0. The Morgan fingerprint density at radius 2 is 1.81 bits per heavy atom. The van der Waals surface area contributed by atoms with Crippen molar-refractivity contribution < 1.29 is 9.72 Å². The van der Waals surface area contributed by atoms with Crippen LogP contribution in [-0.4, -0.2) is 25.6 Å². The zero-order valence-corrected chi connectivity index (χ0v) is 14.0. The Hall–Kier alpha value is -3.75. The highest BCUT2D eigenvalue weighted by molar-refractivity contribution is 5.96. The minimum Gasteiger partial charge on any atom is -0.267 e. The van der Waals surface area contributed by atoms with Crippen LogP contribution in [0.3, 0.4) is 0 Å². The van der Waals surface area contributed by atoms with Crippen molar-refractivity contribution in [2.75, 3.05) is 0 Å². The van der Waals surface area contributed by atoms with Gasteiger partial charge in [-0.3, -0.25) is 19.9 Å². The molecule has 0 amide bonds. The lowest BCUT2D eigenvalue weighted by atomic mass is 10.2. The molecule has 9 heteroatoms. The van der Waals surface area contributed by atoms with Crippen LogP contribution in [0.1, 0.15) is 21.7 Å². The van der Waals surface area contributed by atoms with Crippen LogP contribution in [0.4, 0.5) is 17.1 Å². The Kier molecular flexibility index (Phi) is 4.61. The van der Waals surface area contributed by atoms with Gasteiger partial charge in [-0.2, -0.15) is 9.78 Å². The summed E-state index contributed by atoms with van der Waals surface area (Å²) in [5, 5.41) is 23.3. The Labute approximate surface area is 148 Å². The number of nitrogens with zero attached hydrogens (tertiary/aromatic N) is 6. The maximum Gasteiger partial charge on any atom is 0.296 e. The molecular formula is C17H14N6O3. The largest absolute Gasteiger partial charge is 0.296 e. The van der Waals surface area contributed by atoms with Crippen molar-refractivity contribution in [3.05, 3.63) is 75.9 Å². The van der Waals surface area contributed by atoms with Gasteiger partial charge in [-0.25, -0.2) is 0 Å². The number of nitro groups is 1. The van der Waals surface area contributed by atoms with E-state index < -0.39 is 4.92 Å². The predicted molar refractivity (Wildman–Crippen MR) is 92.9 cm³/mol. The molecule has 2 heterocycles. The number of hydrogen-bond donors (Lipinski definition) is 0. The monoisotopic (exact) mass is 350 g/mol. The van der Waals surface area contributed by atoms with Crippen molar-refractivity contribution in [2.45, 2.75) is 13.8 Å². The quantitative estimate of drug-likeness (QED) is 0.402. The number of carbonyl (C=O) groups is 1. The molecule has 9 nitrogen and oxygen atoms in total. The summed E-state index contributed by atoms with van der Waals surface area (Å²) < 4.78 is 1.23. The molecule has 0 fully saturated rings. The first kappa shape index (κ1) is 17.1. The zero-order valence-electron chi connectivity index (χ0n) is 14.0. The van der Waals surface area contributed by atoms with Gasteiger partial charge in [-0.15, -0.1) is 10.2 Å². The fourth-order valence-corrected chi connectivity index (χ4v) is 2.40. The van der Waals surface area contributed by atoms with Gasteiger partial charge in [-0.1, -0.05) is 12.1 Å². The Morgan fingerprint density at radius 3 is 2.50 bits per heavy atom. The van der Waals surface area contributed by atoms with Crippen molar-refractivity contribution in [3.63, 3.8) is 0 Å². The summed E-state index contributed by atoms with van der Waals surface area (Å²) in [4.78, 5) is 27.0. The van der Waals surface area contributed by atoms with Gasteiger partial charge in [0.25, 0.3) is 11.6 Å². The molecule has 0 saturated heterocycles. The van der Waals surface area contributed by atoms with E-state index in [1.807, 2.05) is 0 Å². The van der Waals surface area contributed by atoms with E-state index in [4.69, 9.17) is 0 Å². The maximum absolute atomic E-state index is 12.6. The molecule has 0 spiro atoms. The van der Waals surface area contributed by atoms with Gasteiger partial charge in [0.15, 0.2) is 5.69 Å². The molecule has 130 valence electrons. The number of azo groups is 1. The molecule has 0 radical (unpaired) electrons. The number of hydrogen-bond acceptors (Lipinski definition) is 7. The van der Waals surface area contributed by atoms with E-state index in [1.54, 1.807) is 38.1 Å². The molecule has 0 saturated carbocycles. The summed E-state index contributed by atoms with van der Waals surface area (Å²) in [6.07, 6.45) is 3.04. The van der Waals surface area contributed by atoms with Gasteiger partial charge in [0, 0.05) is 24.0 Å². The SMILES string of the molecule is Cc1nn(C(=O)c2ccncc2)c(C)c1N=Nc1ccccc1[N+](=O)[O-]. The number of carbonyl (C=O) groups excluding carboxylic acids is 1. The van der Waals surface area contributed by atoms with E-state index in [2.05, 4.69) is 20.3 Å². The molecular weight excluding hydrogens is 336 g/mol. The lowest BCUT2D eigenvalue weighted by Crippen LogP contribution is -2.15. The van der Waals surface area contributed by atoms with E-state index >= 15 is 0 Å². The van der Waals surface area contributed by atoms with Crippen LogP contribution >= 0.6 is 0 Å². The van der Waals surface area contributed by atoms with Gasteiger partial charge >= 0.3 is 0 Å².